The standard InChI is InChI=1S/C15H23N5O/c1-2-21-14-6-5-12(10-18-19-15(16)17)9-13(14)11-20-7-3-4-8-20/h5-6,9-10H,2-4,7-8,11H2,1H3,(H4,16,17,19). The number of ether oxygens (including phenoxy) is 1. The first-order chi connectivity index (χ1) is 10.2. The number of likely N-dealkylation sites (tertiary alicyclic amines) is 1. The van der Waals surface area contributed by atoms with Gasteiger partial charge in [0.25, 0.3) is 0 Å². The number of nitrogens with two attached hydrogens (primary N) is 2. The fraction of sp³-hybridized carbons (Fsp3) is 0.467. The molecular formula is C15H23N5O. The highest BCUT2D eigenvalue weighted by Crippen LogP contribution is 2.23. The van der Waals surface area contributed by atoms with E-state index in [1.807, 2.05) is 19.1 Å². The fourth-order valence-electron chi connectivity index (χ4n) is 2.44. The van der Waals surface area contributed by atoms with Gasteiger partial charge < -0.3 is 16.2 Å². The largest absolute Gasteiger partial charge is 0.494 e. The summed E-state index contributed by atoms with van der Waals surface area (Å²) in [6.07, 6.45) is 4.19. The lowest BCUT2D eigenvalue weighted by molar-refractivity contribution is 0.305. The smallest absolute Gasteiger partial charge is 0.211 e. The summed E-state index contributed by atoms with van der Waals surface area (Å²) < 4.78 is 5.71. The van der Waals surface area contributed by atoms with E-state index in [1.165, 1.54) is 18.4 Å². The lowest BCUT2D eigenvalue weighted by Crippen LogP contribution is -2.21. The number of benzene rings is 1. The Morgan fingerprint density at radius 1 is 1.33 bits per heavy atom. The van der Waals surface area contributed by atoms with Crippen molar-refractivity contribution in [1.29, 1.82) is 0 Å². The molecule has 6 nitrogen and oxygen atoms in total. The molecule has 114 valence electrons. The van der Waals surface area contributed by atoms with Crippen LogP contribution in [0.4, 0.5) is 0 Å². The second-order valence-electron chi connectivity index (χ2n) is 5.05. The number of nitrogens with zero attached hydrogens (tertiary/aromatic N) is 3. The van der Waals surface area contributed by atoms with E-state index in [1.54, 1.807) is 6.21 Å². The minimum atomic E-state index is -0.0468. The maximum Gasteiger partial charge on any atom is 0.211 e. The first-order valence-corrected chi connectivity index (χ1v) is 7.29. The van der Waals surface area contributed by atoms with Crippen molar-refractivity contribution < 1.29 is 4.74 Å². The van der Waals surface area contributed by atoms with Crippen LogP contribution in [0.5, 0.6) is 5.75 Å². The van der Waals surface area contributed by atoms with E-state index in [4.69, 9.17) is 16.2 Å². The van der Waals surface area contributed by atoms with Crippen LogP contribution < -0.4 is 16.2 Å². The molecule has 0 atom stereocenters. The lowest BCUT2D eigenvalue weighted by atomic mass is 10.1. The third kappa shape index (κ3) is 4.75. The summed E-state index contributed by atoms with van der Waals surface area (Å²) in [6.45, 7) is 5.86. The van der Waals surface area contributed by atoms with Crippen molar-refractivity contribution in [3.8, 4) is 5.75 Å². The Balaban J connectivity index is 2.16. The summed E-state index contributed by atoms with van der Waals surface area (Å²) in [7, 11) is 0. The Hall–Kier alpha value is -2.08. The molecule has 4 N–H and O–H groups in total. The van der Waals surface area contributed by atoms with Gasteiger partial charge in [-0.25, -0.2) is 0 Å². The molecular weight excluding hydrogens is 266 g/mol. The Kier molecular flexibility index (Phi) is 5.57. The van der Waals surface area contributed by atoms with Gasteiger partial charge in [-0.3, -0.25) is 4.90 Å². The summed E-state index contributed by atoms with van der Waals surface area (Å²) in [5, 5.41) is 7.46. The Morgan fingerprint density at radius 2 is 2.10 bits per heavy atom. The van der Waals surface area contributed by atoms with Crippen molar-refractivity contribution in [1.82, 2.24) is 4.90 Å². The lowest BCUT2D eigenvalue weighted by Gasteiger charge is -2.18. The van der Waals surface area contributed by atoms with Crippen molar-refractivity contribution in [2.24, 2.45) is 21.7 Å². The fourth-order valence-corrected chi connectivity index (χ4v) is 2.44. The normalized spacial score (nSPS) is 15.5. The summed E-state index contributed by atoms with van der Waals surface area (Å²) in [5.74, 6) is 0.887. The van der Waals surface area contributed by atoms with E-state index in [-0.39, 0.29) is 5.96 Å². The zero-order valence-electron chi connectivity index (χ0n) is 12.5. The van der Waals surface area contributed by atoms with E-state index in [0.29, 0.717) is 6.61 Å². The molecule has 1 aliphatic heterocycles. The summed E-state index contributed by atoms with van der Waals surface area (Å²) in [4.78, 5) is 2.44. The van der Waals surface area contributed by atoms with Gasteiger partial charge in [0.05, 0.1) is 12.8 Å². The number of guanidine groups is 1. The Labute approximate surface area is 125 Å². The van der Waals surface area contributed by atoms with Crippen molar-refractivity contribution in [3.63, 3.8) is 0 Å². The van der Waals surface area contributed by atoms with Gasteiger partial charge in [0.2, 0.25) is 5.96 Å². The van der Waals surface area contributed by atoms with Crippen molar-refractivity contribution >= 4 is 12.2 Å². The van der Waals surface area contributed by atoms with Gasteiger partial charge in [-0.1, -0.05) is 0 Å². The van der Waals surface area contributed by atoms with Crippen LogP contribution in [-0.4, -0.2) is 36.8 Å². The van der Waals surface area contributed by atoms with E-state index in [2.05, 4.69) is 21.2 Å². The molecule has 0 saturated carbocycles. The zero-order chi connectivity index (χ0) is 15.1. The van der Waals surface area contributed by atoms with Crippen molar-refractivity contribution in [2.45, 2.75) is 26.3 Å². The van der Waals surface area contributed by atoms with E-state index in [0.717, 1.165) is 30.9 Å². The second-order valence-corrected chi connectivity index (χ2v) is 5.05. The van der Waals surface area contributed by atoms with Crippen LogP contribution in [0.15, 0.2) is 28.4 Å². The van der Waals surface area contributed by atoms with Crippen LogP contribution in [0.25, 0.3) is 0 Å². The van der Waals surface area contributed by atoms with Crippen molar-refractivity contribution in [2.75, 3.05) is 19.7 Å². The molecule has 1 heterocycles. The molecule has 0 aliphatic carbocycles. The molecule has 2 rings (SSSR count). The minimum absolute atomic E-state index is 0.0468. The average Bonchev–Trinajstić information content (AvgIpc) is 2.94. The maximum absolute atomic E-state index is 5.71. The Morgan fingerprint density at radius 3 is 2.76 bits per heavy atom. The first kappa shape index (κ1) is 15.3. The summed E-state index contributed by atoms with van der Waals surface area (Å²) in [6, 6.07) is 6.00. The molecule has 0 radical (unpaired) electrons. The second kappa shape index (κ2) is 7.64. The average molecular weight is 289 g/mol. The topological polar surface area (TPSA) is 89.2 Å². The third-order valence-electron chi connectivity index (χ3n) is 3.36. The molecule has 1 aromatic carbocycles. The van der Waals surface area contributed by atoms with Gasteiger partial charge in [-0.05, 0) is 56.6 Å². The van der Waals surface area contributed by atoms with Gasteiger partial charge in [0.15, 0.2) is 0 Å². The number of hydrogen-bond acceptors (Lipinski definition) is 4. The van der Waals surface area contributed by atoms with Crippen LogP contribution in [0.2, 0.25) is 0 Å². The predicted molar refractivity (Wildman–Crippen MR) is 85.5 cm³/mol. The minimum Gasteiger partial charge on any atom is -0.494 e. The van der Waals surface area contributed by atoms with Crippen LogP contribution >= 0.6 is 0 Å². The molecule has 1 saturated heterocycles. The summed E-state index contributed by atoms with van der Waals surface area (Å²) in [5.41, 5.74) is 12.6. The number of hydrogen-bond donors (Lipinski definition) is 2. The molecule has 1 aromatic rings. The molecule has 0 spiro atoms. The van der Waals surface area contributed by atoms with Crippen LogP contribution in [0.3, 0.4) is 0 Å². The van der Waals surface area contributed by atoms with Crippen LogP contribution in [-0.2, 0) is 6.54 Å². The van der Waals surface area contributed by atoms with E-state index in [9.17, 15) is 0 Å². The van der Waals surface area contributed by atoms with Crippen molar-refractivity contribution in [3.05, 3.63) is 29.3 Å². The first-order valence-electron chi connectivity index (χ1n) is 7.29. The van der Waals surface area contributed by atoms with E-state index < -0.39 is 0 Å². The van der Waals surface area contributed by atoms with Gasteiger partial charge in [0, 0.05) is 12.1 Å². The van der Waals surface area contributed by atoms with Crippen LogP contribution in [0, 0.1) is 0 Å². The molecule has 0 bridgehead atoms. The summed E-state index contributed by atoms with van der Waals surface area (Å²) >= 11 is 0. The van der Waals surface area contributed by atoms with Crippen LogP contribution in [0.1, 0.15) is 30.9 Å². The SMILES string of the molecule is CCOc1ccc(C=NN=C(N)N)cc1CN1CCCC1. The van der Waals surface area contributed by atoms with E-state index >= 15 is 0 Å². The number of rotatable bonds is 6. The predicted octanol–water partition coefficient (Wildman–Crippen LogP) is 1.29. The van der Waals surface area contributed by atoms with Gasteiger partial charge in [-0.15, -0.1) is 5.10 Å². The Bertz CT molecular complexity index is 517. The third-order valence-corrected chi connectivity index (χ3v) is 3.36. The highest BCUT2D eigenvalue weighted by molar-refractivity contribution is 5.82. The van der Waals surface area contributed by atoms with Gasteiger partial charge in [0.1, 0.15) is 5.75 Å². The zero-order valence-corrected chi connectivity index (χ0v) is 12.5. The molecule has 6 heteroatoms. The quantitative estimate of drug-likeness (QED) is 0.469. The molecule has 0 unspecified atom stereocenters. The highest BCUT2D eigenvalue weighted by atomic mass is 16.5. The van der Waals surface area contributed by atoms with Gasteiger partial charge in [-0.2, -0.15) is 5.10 Å². The van der Waals surface area contributed by atoms with Gasteiger partial charge >= 0.3 is 0 Å². The maximum atomic E-state index is 5.71. The highest BCUT2D eigenvalue weighted by Gasteiger charge is 2.14. The monoisotopic (exact) mass is 289 g/mol. The molecule has 0 aromatic heterocycles. The molecule has 1 aliphatic rings. The molecule has 1 fully saturated rings. The molecule has 21 heavy (non-hydrogen) atoms. The molecule has 0 amide bonds.